The van der Waals surface area contributed by atoms with Gasteiger partial charge in [-0.3, -0.25) is 9.88 Å². The summed E-state index contributed by atoms with van der Waals surface area (Å²) in [7, 11) is 0. The fourth-order valence-electron chi connectivity index (χ4n) is 3.80. The van der Waals surface area contributed by atoms with Gasteiger partial charge in [-0.05, 0) is 11.5 Å². The molecule has 5 rings (SSSR count). The molecule has 1 saturated heterocycles. The van der Waals surface area contributed by atoms with Crippen molar-refractivity contribution in [3.05, 3.63) is 55.1 Å². The molecule has 1 fully saturated rings. The van der Waals surface area contributed by atoms with E-state index in [-0.39, 0.29) is 12.4 Å². The maximum Gasteiger partial charge on any atom is 0.324 e. The molecule has 158 valence electrons. The van der Waals surface area contributed by atoms with Gasteiger partial charge in [0.05, 0.1) is 24.7 Å². The molecule has 0 aliphatic carbocycles. The molecule has 1 aliphatic rings. The van der Waals surface area contributed by atoms with Gasteiger partial charge in [-0.25, -0.2) is 19.7 Å². The lowest BCUT2D eigenvalue weighted by molar-refractivity contribution is -0.0432. The summed E-state index contributed by atoms with van der Waals surface area (Å²) in [6.45, 7) is -0.277. The Morgan fingerprint density at radius 3 is 2.81 bits per heavy atom. The predicted molar refractivity (Wildman–Crippen MR) is 114 cm³/mol. The Morgan fingerprint density at radius 1 is 1.13 bits per heavy atom. The molecule has 3 unspecified atom stereocenters. The molecule has 10 heteroatoms. The van der Waals surface area contributed by atoms with E-state index in [4.69, 9.17) is 4.74 Å². The van der Waals surface area contributed by atoms with Crippen molar-refractivity contribution in [3.8, 4) is 0 Å². The number of anilines is 2. The predicted octanol–water partition coefficient (Wildman–Crippen LogP) is 2.26. The third-order valence-electron chi connectivity index (χ3n) is 5.32. The molecular weight excluding hydrogens is 400 g/mol. The number of carbonyl (C=O) groups is 1. The highest BCUT2D eigenvalue weighted by Crippen LogP contribution is 2.31. The number of urea groups is 1. The van der Waals surface area contributed by atoms with Gasteiger partial charge in [-0.1, -0.05) is 36.4 Å². The van der Waals surface area contributed by atoms with Crippen LogP contribution in [0.1, 0.15) is 12.6 Å². The average Bonchev–Trinajstić information content (AvgIpc) is 3.37. The highest BCUT2D eigenvalue weighted by Gasteiger charge is 2.35. The number of carbonyl (C=O) groups excluding carboxylic acids is 1. The summed E-state index contributed by atoms with van der Waals surface area (Å²) in [6.07, 6.45) is 1.18. The third kappa shape index (κ3) is 3.56. The third-order valence-corrected chi connectivity index (χ3v) is 5.32. The van der Waals surface area contributed by atoms with Gasteiger partial charge in [-0.15, -0.1) is 0 Å². The molecule has 4 N–H and O–H groups in total. The van der Waals surface area contributed by atoms with Crippen molar-refractivity contribution in [2.45, 2.75) is 24.9 Å². The van der Waals surface area contributed by atoms with E-state index in [2.05, 4.69) is 25.6 Å². The molecule has 0 bridgehead atoms. The van der Waals surface area contributed by atoms with E-state index in [9.17, 15) is 15.0 Å². The van der Waals surface area contributed by atoms with Gasteiger partial charge < -0.3 is 20.3 Å². The summed E-state index contributed by atoms with van der Waals surface area (Å²) in [5, 5.41) is 26.8. The minimum absolute atomic E-state index is 0.249. The monoisotopic (exact) mass is 420 g/mol. The van der Waals surface area contributed by atoms with E-state index in [1.165, 1.54) is 12.7 Å². The Morgan fingerprint density at radius 2 is 1.97 bits per heavy atom. The highest BCUT2D eigenvalue weighted by molar-refractivity contribution is 6.07. The van der Waals surface area contributed by atoms with Crippen molar-refractivity contribution in [3.63, 3.8) is 0 Å². The first kappa shape index (κ1) is 19.4. The minimum atomic E-state index is -0.779. The van der Waals surface area contributed by atoms with Crippen LogP contribution in [0, 0.1) is 0 Å². The maximum absolute atomic E-state index is 12.7. The molecule has 0 radical (unpaired) electrons. The number of rotatable bonds is 4. The van der Waals surface area contributed by atoms with Crippen LogP contribution in [0.4, 0.5) is 16.3 Å². The Kier molecular flexibility index (Phi) is 4.94. The van der Waals surface area contributed by atoms with Crippen LogP contribution in [0.5, 0.6) is 0 Å². The molecule has 2 amide bonds. The van der Waals surface area contributed by atoms with E-state index < -0.39 is 24.5 Å². The van der Waals surface area contributed by atoms with E-state index in [0.29, 0.717) is 23.3 Å². The molecule has 31 heavy (non-hydrogen) atoms. The lowest BCUT2D eigenvalue weighted by Gasteiger charge is -2.13. The van der Waals surface area contributed by atoms with Crippen LogP contribution in [-0.2, 0) is 4.74 Å². The molecule has 3 heterocycles. The number of aliphatic hydroxyl groups excluding tert-OH is 2. The Labute approximate surface area is 176 Å². The summed E-state index contributed by atoms with van der Waals surface area (Å²) in [4.78, 5) is 25.4. The lowest BCUT2D eigenvalue weighted by Crippen LogP contribution is -2.24. The number of fused-ring (bicyclic) bond motifs is 2. The molecule has 4 aromatic rings. The number of amides is 2. The van der Waals surface area contributed by atoms with Crippen LogP contribution in [0.15, 0.2) is 55.1 Å². The Balaban J connectivity index is 1.38. The van der Waals surface area contributed by atoms with Crippen LogP contribution in [0.2, 0.25) is 0 Å². The van der Waals surface area contributed by atoms with E-state index in [1.54, 1.807) is 4.57 Å². The van der Waals surface area contributed by atoms with Gasteiger partial charge in [0.25, 0.3) is 0 Å². The average molecular weight is 420 g/mol. The van der Waals surface area contributed by atoms with E-state index in [1.807, 2.05) is 42.5 Å². The van der Waals surface area contributed by atoms with Crippen LogP contribution in [0.25, 0.3) is 21.9 Å². The fourth-order valence-corrected chi connectivity index (χ4v) is 3.80. The first-order valence-corrected chi connectivity index (χ1v) is 9.81. The molecule has 0 saturated carbocycles. The van der Waals surface area contributed by atoms with Gasteiger partial charge in [-0.2, -0.15) is 0 Å². The zero-order valence-corrected chi connectivity index (χ0v) is 16.3. The van der Waals surface area contributed by atoms with E-state index >= 15 is 0 Å². The topological polar surface area (TPSA) is 134 Å². The molecule has 10 nitrogen and oxygen atoms in total. The molecule has 0 spiro atoms. The maximum atomic E-state index is 12.7. The number of hydrogen-bond acceptors (Lipinski definition) is 7. The first-order chi connectivity index (χ1) is 15.1. The van der Waals surface area contributed by atoms with Gasteiger partial charge >= 0.3 is 6.03 Å². The van der Waals surface area contributed by atoms with Crippen LogP contribution in [-0.4, -0.2) is 54.6 Å². The number of nitrogens with one attached hydrogen (secondary N) is 2. The second-order valence-corrected chi connectivity index (χ2v) is 7.27. The van der Waals surface area contributed by atoms with Crippen molar-refractivity contribution in [1.29, 1.82) is 0 Å². The largest absolute Gasteiger partial charge is 0.394 e. The van der Waals surface area contributed by atoms with Gasteiger partial charge in [0, 0.05) is 11.8 Å². The van der Waals surface area contributed by atoms with E-state index in [0.717, 1.165) is 10.8 Å². The molecule has 1 aliphatic heterocycles. The number of imidazole rings is 1. The second-order valence-electron chi connectivity index (χ2n) is 7.27. The number of ether oxygens (including phenoxy) is 1. The molecule has 2 aromatic carbocycles. The first-order valence-electron chi connectivity index (χ1n) is 9.81. The molecular formula is C21H20N6O4. The fraction of sp³-hybridized carbons (Fsp3) is 0.238. The van der Waals surface area contributed by atoms with Crippen molar-refractivity contribution in [1.82, 2.24) is 19.5 Å². The quantitative estimate of drug-likeness (QED) is 0.398. The summed E-state index contributed by atoms with van der Waals surface area (Å²) >= 11 is 0. The number of hydrogen-bond donors (Lipinski definition) is 4. The summed E-state index contributed by atoms with van der Waals surface area (Å²) in [5.74, 6) is 0.249. The SMILES string of the molecule is O=C(Nc1cccc2ccccc12)Nc1ncnc2c1ncn2C1CC(O)C(CO)O1. The summed E-state index contributed by atoms with van der Waals surface area (Å²) in [6, 6.07) is 13.0. The zero-order valence-electron chi connectivity index (χ0n) is 16.3. The van der Waals surface area contributed by atoms with Gasteiger partial charge in [0.1, 0.15) is 18.7 Å². The zero-order chi connectivity index (χ0) is 21.4. The number of benzene rings is 2. The minimum Gasteiger partial charge on any atom is -0.394 e. The van der Waals surface area contributed by atoms with Crippen LogP contribution < -0.4 is 10.6 Å². The summed E-state index contributed by atoms with van der Waals surface area (Å²) in [5.41, 5.74) is 1.52. The van der Waals surface area contributed by atoms with Crippen molar-refractivity contribution < 1.29 is 19.7 Å². The van der Waals surface area contributed by atoms with Crippen molar-refractivity contribution in [2.24, 2.45) is 0 Å². The van der Waals surface area contributed by atoms with Crippen molar-refractivity contribution in [2.75, 3.05) is 17.2 Å². The smallest absolute Gasteiger partial charge is 0.324 e. The van der Waals surface area contributed by atoms with Gasteiger partial charge in [0.2, 0.25) is 0 Å². The van der Waals surface area contributed by atoms with Crippen molar-refractivity contribution >= 4 is 39.5 Å². The molecule has 2 aromatic heterocycles. The number of aromatic nitrogens is 4. The second kappa shape index (κ2) is 7.91. The summed E-state index contributed by atoms with van der Waals surface area (Å²) < 4.78 is 7.34. The lowest BCUT2D eigenvalue weighted by atomic mass is 10.1. The molecule has 3 atom stereocenters. The Hall–Kier alpha value is -3.60. The standard InChI is InChI=1S/C21H20N6O4/c28-9-16-15(29)8-17(31-16)27-11-24-18-19(22-10-23-20(18)27)26-21(30)25-14-7-3-5-12-4-1-2-6-13(12)14/h1-7,10-11,15-17,28-29H,8-9H2,(H2,22,23,25,26,30). The number of aliphatic hydroxyl groups is 2. The van der Waals surface area contributed by atoms with Crippen LogP contribution >= 0.6 is 0 Å². The van der Waals surface area contributed by atoms with Gasteiger partial charge in [0.15, 0.2) is 17.0 Å². The number of nitrogens with zero attached hydrogens (tertiary/aromatic N) is 4. The highest BCUT2D eigenvalue weighted by atomic mass is 16.5. The normalized spacial score (nSPS) is 20.9. The van der Waals surface area contributed by atoms with Crippen LogP contribution in [0.3, 0.4) is 0 Å². The Bertz CT molecular complexity index is 1250.